The van der Waals surface area contributed by atoms with Gasteiger partial charge in [-0.15, -0.1) is 0 Å². The Morgan fingerprint density at radius 1 is 1.20 bits per heavy atom. The molecule has 2 aromatic carbocycles. The predicted molar refractivity (Wildman–Crippen MR) is 134 cm³/mol. The molecule has 0 fully saturated rings. The van der Waals surface area contributed by atoms with Crippen molar-refractivity contribution in [2.45, 2.75) is 26.4 Å². The van der Waals surface area contributed by atoms with Crippen molar-refractivity contribution in [2.75, 3.05) is 12.4 Å². The number of carbonyl (C=O) groups is 1. The van der Waals surface area contributed by atoms with Crippen LogP contribution in [0.3, 0.4) is 0 Å². The van der Waals surface area contributed by atoms with Gasteiger partial charge in [0.1, 0.15) is 11.5 Å². The number of methoxy groups -OCH3 is 1. The van der Waals surface area contributed by atoms with E-state index >= 15 is 0 Å². The number of phenolic OH excluding ortho intramolecular Hbond substituents is 1. The van der Waals surface area contributed by atoms with E-state index in [1.54, 1.807) is 42.6 Å². The zero-order valence-corrected chi connectivity index (χ0v) is 20.2. The van der Waals surface area contributed by atoms with E-state index in [0.717, 1.165) is 11.1 Å². The van der Waals surface area contributed by atoms with E-state index in [0.29, 0.717) is 33.7 Å². The number of halogens is 1. The van der Waals surface area contributed by atoms with Gasteiger partial charge >= 0.3 is 0 Å². The zero-order valence-electron chi connectivity index (χ0n) is 19.5. The second-order valence-corrected chi connectivity index (χ2v) is 8.49. The fourth-order valence-electron chi connectivity index (χ4n) is 3.38. The Bertz CT molecular complexity index is 1350. The third-order valence-corrected chi connectivity index (χ3v) is 5.50. The first-order valence-electron chi connectivity index (χ1n) is 10.9. The summed E-state index contributed by atoms with van der Waals surface area (Å²) in [6.45, 7) is 4.35. The molecule has 4 rings (SSSR count). The van der Waals surface area contributed by atoms with Crippen LogP contribution in [0.1, 0.15) is 35.8 Å². The molecule has 35 heavy (non-hydrogen) atoms. The summed E-state index contributed by atoms with van der Waals surface area (Å²) in [6.07, 6.45) is 5.12. The molecule has 0 atom stereocenters. The highest BCUT2D eigenvalue weighted by atomic mass is 35.5. The van der Waals surface area contributed by atoms with Crippen molar-refractivity contribution in [1.29, 1.82) is 0 Å². The van der Waals surface area contributed by atoms with Crippen LogP contribution in [0.25, 0.3) is 11.3 Å². The molecule has 0 unspecified atom stereocenters. The van der Waals surface area contributed by atoms with Crippen molar-refractivity contribution in [3.8, 4) is 22.8 Å². The summed E-state index contributed by atoms with van der Waals surface area (Å²) in [7, 11) is 1.52. The molecule has 2 aromatic heterocycles. The number of aromatic hydroxyl groups is 1. The molecule has 0 spiro atoms. The first kappa shape index (κ1) is 24.0. The second-order valence-electron chi connectivity index (χ2n) is 8.09. The van der Waals surface area contributed by atoms with Gasteiger partial charge in [0, 0.05) is 29.9 Å². The highest BCUT2D eigenvalue weighted by molar-refractivity contribution is 6.32. The quantitative estimate of drug-likeness (QED) is 0.318. The number of rotatable bonds is 8. The van der Waals surface area contributed by atoms with Crippen molar-refractivity contribution in [3.05, 3.63) is 77.2 Å². The normalized spacial score (nSPS) is 10.9. The van der Waals surface area contributed by atoms with Crippen molar-refractivity contribution >= 4 is 29.1 Å². The second kappa shape index (κ2) is 10.4. The van der Waals surface area contributed by atoms with Gasteiger partial charge in [0.2, 0.25) is 5.95 Å². The van der Waals surface area contributed by atoms with Crippen LogP contribution in [-0.2, 0) is 6.54 Å². The molecule has 4 aromatic rings. The van der Waals surface area contributed by atoms with Crippen LogP contribution in [-0.4, -0.2) is 37.9 Å². The lowest BCUT2D eigenvalue weighted by molar-refractivity contribution is 0.0950. The number of hydrogen-bond acceptors (Lipinski definition) is 7. The van der Waals surface area contributed by atoms with E-state index in [4.69, 9.17) is 16.3 Å². The third-order valence-electron chi connectivity index (χ3n) is 5.22. The van der Waals surface area contributed by atoms with Gasteiger partial charge in [-0.25, -0.2) is 9.97 Å². The number of ether oxygens (including phenoxy) is 1. The fourth-order valence-corrected chi connectivity index (χ4v) is 3.58. The first-order valence-corrected chi connectivity index (χ1v) is 11.3. The van der Waals surface area contributed by atoms with Gasteiger partial charge in [-0.2, -0.15) is 5.10 Å². The molecule has 0 radical (unpaired) electrons. The van der Waals surface area contributed by atoms with Crippen molar-refractivity contribution in [1.82, 2.24) is 25.1 Å². The summed E-state index contributed by atoms with van der Waals surface area (Å²) in [5, 5.41) is 20.3. The lowest BCUT2D eigenvalue weighted by atomic mass is 10.1. The number of amides is 1. The van der Waals surface area contributed by atoms with Crippen LogP contribution in [0, 0.1) is 0 Å². The van der Waals surface area contributed by atoms with Gasteiger partial charge in [-0.1, -0.05) is 23.7 Å². The molecular formula is C25H25ClN6O3. The summed E-state index contributed by atoms with van der Waals surface area (Å²) >= 11 is 6.35. The summed E-state index contributed by atoms with van der Waals surface area (Å²) in [5.74, 6) is 0.643. The molecule has 0 bridgehead atoms. The van der Waals surface area contributed by atoms with Gasteiger partial charge in [0.05, 0.1) is 35.9 Å². The van der Waals surface area contributed by atoms with Gasteiger partial charge < -0.3 is 20.5 Å². The summed E-state index contributed by atoms with van der Waals surface area (Å²) in [5.41, 5.74) is 3.13. The molecule has 2 heterocycles. The summed E-state index contributed by atoms with van der Waals surface area (Å²) in [4.78, 5) is 21.5. The minimum Gasteiger partial charge on any atom is -0.508 e. The highest BCUT2D eigenvalue weighted by Crippen LogP contribution is 2.31. The standard InChI is InChI=1S/C25H25ClN6O3/c1-15(2)32-14-18(12-29-32)23-20(26)13-28-25(31-23)30-21-8-7-17(10-22(21)35-3)24(34)27-11-16-5-4-6-19(33)9-16/h4-10,12-15,33H,11H2,1-3H3,(H,27,34)(H,28,30,31). The molecule has 0 saturated carbocycles. The van der Waals surface area contributed by atoms with Crippen LogP contribution in [0.5, 0.6) is 11.5 Å². The van der Waals surface area contributed by atoms with Gasteiger partial charge in [-0.05, 0) is 49.7 Å². The average molecular weight is 493 g/mol. The maximum atomic E-state index is 12.6. The highest BCUT2D eigenvalue weighted by Gasteiger charge is 2.14. The Labute approximate surface area is 207 Å². The molecular weight excluding hydrogens is 468 g/mol. The van der Waals surface area contributed by atoms with Crippen LogP contribution in [0.2, 0.25) is 5.02 Å². The molecule has 180 valence electrons. The Morgan fingerprint density at radius 3 is 2.74 bits per heavy atom. The SMILES string of the molecule is COc1cc(C(=O)NCc2cccc(O)c2)ccc1Nc1ncc(Cl)c(-c2cnn(C(C)C)c2)n1. The summed E-state index contributed by atoms with van der Waals surface area (Å²) in [6, 6.07) is 12.0. The van der Waals surface area contributed by atoms with E-state index in [1.165, 1.54) is 13.3 Å². The van der Waals surface area contributed by atoms with E-state index in [1.807, 2.05) is 30.8 Å². The Morgan fingerprint density at radius 2 is 2.03 bits per heavy atom. The molecule has 1 amide bonds. The van der Waals surface area contributed by atoms with Crippen LogP contribution >= 0.6 is 11.6 Å². The molecule has 0 saturated heterocycles. The first-order chi connectivity index (χ1) is 16.8. The zero-order chi connectivity index (χ0) is 24.9. The largest absolute Gasteiger partial charge is 0.508 e. The molecule has 0 aliphatic rings. The maximum Gasteiger partial charge on any atom is 0.251 e. The fraction of sp³-hybridized carbons (Fsp3) is 0.200. The number of hydrogen-bond donors (Lipinski definition) is 3. The molecule has 0 aliphatic carbocycles. The lowest BCUT2D eigenvalue weighted by Gasteiger charge is -2.13. The lowest BCUT2D eigenvalue weighted by Crippen LogP contribution is -2.22. The minimum absolute atomic E-state index is 0.148. The Balaban J connectivity index is 1.51. The molecule has 9 nitrogen and oxygen atoms in total. The van der Waals surface area contributed by atoms with Crippen molar-refractivity contribution < 1.29 is 14.6 Å². The number of aromatic nitrogens is 4. The van der Waals surface area contributed by atoms with Gasteiger partial charge in [0.25, 0.3) is 5.91 Å². The number of anilines is 2. The van der Waals surface area contributed by atoms with E-state index in [9.17, 15) is 9.90 Å². The number of nitrogens with one attached hydrogen (secondary N) is 2. The number of phenols is 1. The van der Waals surface area contributed by atoms with Crippen molar-refractivity contribution in [2.24, 2.45) is 0 Å². The van der Waals surface area contributed by atoms with Gasteiger partial charge in [-0.3, -0.25) is 9.48 Å². The van der Waals surface area contributed by atoms with E-state index in [-0.39, 0.29) is 24.2 Å². The smallest absolute Gasteiger partial charge is 0.251 e. The number of nitrogens with zero attached hydrogens (tertiary/aromatic N) is 4. The Hall–Kier alpha value is -4.11. The van der Waals surface area contributed by atoms with Crippen LogP contribution in [0.15, 0.2) is 61.1 Å². The topological polar surface area (TPSA) is 114 Å². The molecule has 10 heteroatoms. The molecule has 0 aliphatic heterocycles. The van der Waals surface area contributed by atoms with E-state index in [2.05, 4.69) is 25.7 Å². The number of carbonyl (C=O) groups excluding carboxylic acids is 1. The van der Waals surface area contributed by atoms with Crippen molar-refractivity contribution in [3.63, 3.8) is 0 Å². The number of benzene rings is 2. The average Bonchev–Trinajstić information content (AvgIpc) is 3.34. The minimum atomic E-state index is -0.273. The predicted octanol–water partition coefficient (Wildman–Crippen LogP) is 4.96. The maximum absolute atomic E-state index is 12.6. The summed E-state index contributed by atoms with van der Waals surface area (Å²) < 4.78 is 7.31. The Kier molecular flexibility index (Phi) is 7.17. The van der Waals surface area contributed by atoms with Crippen LogP contribution < -0.4 is 15.4 Å². The third kappa shape index (κ3) is 5.70. The van der Waals surface area contributed by atoms with Gasteiger partial charge in [0.15, 0.2) is 0 Å². The van der Waals surface area contributed by atoms with E-state index < -0.39 is 0 Å². The monoisotopic (exact) mass is 492 g/mol. The molecule has 3 N–H and O–H groups in total. The van der Waals surface area contributed by atoms with Crippen LogP contribution in [0.4, 0.5) is 11.6 Å².